The van der Waals surface area contributed by atoms with Crippen molar-refractivity contribution in [1.29, 1.82) is 0 Å². The topological polar surface area (TPSA) is 239 Å². The van der Waals surface area contributed by atoms with E-state index in [-0.39, 0.29) is 42.0 Å². The minimum absolute atomic E-state index is 0.0751. The molecule has 19 nitrogen and oxygen atoms in total. The van der Waals surface area contributed by atoms with Crippen LogP contribution in [0.3, 0.4) is 0 Å². The molecule has 4 aromatic heterocycles. The van der Waals surface area contributed by atoms with E-state index in [1.807, 2.05) is 30.3 Å². The molecule has 0 amide bonds. The van der Waals surface area contributed by atoms with Crippen LogP contribution < -0.4 is 31.2 Å². The molecule has 0 spiro atoms. The molecule has 4 heterocycles. The fourth-order valence-electron chi connectivity index (χ4n) is 8.41. The molecular weight excluding hydrogens is 1020 g/mol. The zero-order valence-corrected chi connectivity index (χ0v) is 45.7. The van der Waals surface area contributed by atoms with E-state index < -0.39 is 28.5 Å². The van der Waals surface area contributed by atoms with Crippen molar-refractivity contribution in [2.45, 2.75) is 108 Å². The number of hydrogen-bond acceptors (Lipinski definition) is 13. The molecule has 0 unspecified atom stereocenters. The van der Waals surface area contributed by atoms with Crippen molar-refractivity contribution >= 4 is 85.7 Å². The number of aromatic nitrogens is 6. The molecule has 2 aliphatic rings. The van der Waals surface area contributed by atoms with Crippen LogP contribution in [0.1, 0.15) is 51.4 Å². The second-order valence-electron chi connectivity index (χ2n) is 19.8. The van der Waals surface area contributed by atoms with Crippen LogP contribution in [0, 0.1) is 0 Å². The van der Waals surface area contributed by atoms with Gasteiger partial charge in [-0.2, -0.15) is 44.9 Å². The Morgan fingerprint density at radius 3 is 1.62 bits per heavy atom. The summed E-state index contributed by atoms with van der Waals surface area (Å²) in [6, 6.07) is 19.0. The van der Waals surface area contributed by atoms with E-state index in [2.05, 4.69) is 59.7 Å². The summed E-state index contributed by atoms with van der Waals surface area (Å²) in [5, 5.41) is 9.09. The summed E-state index contributed by atoms with van der Waals surface area (Å²) < 4.78 is 63.7. The van der Waals surface area contributed by atoms with E-state index in [9.17, 15) is 26.4 Å². The summed E-state index contributed by atoms with van der Waals surface area (Å²) in [6.07, 6.45) is 9.31. The predicted octanol–water partition coefficient (Wildman–Crippen LogP) is 7.30. The number of hydrogen-bond donors (Lipinski definition) is 5. The van der Waals surface area contributed by atoms with Gasteiger partial charge in [0, 0.05) is 123 Å². The summed E-state index contributed by atoms with van der Waals surface area (Å²) in [4.78, 5) is 47.3. The first-order valence-corrected chi connectivity index (χ1v) is 31.2. The van der Waals surface area contributed by atoms with Gasteiger partial charge in [-0.3, -0.25) is 14.2 Å². The number of benzene rings is 2. The van der Waals surface area contributed by atoms with E-state index in [1.54, 1.807) is 47.3 Å². The summed E-state index contributed by atoms with van der Waals surface area (Å²) in [5.74, 6) is 0.849. The summed E-state index contributed by atoms with van der Waals surface area (Å²) in [7, 11) is -2.15. The molecule has 5 N–H and O–H groups in total. The maximum absolute atomic E-state index is 13.7. The van der Waals surface area contributed by atoms with Crippen LogP contribution in [-0.4, -0.2) is 122 Å². The van der Waals surface area contributed by atoms with Gasteiger partial charge in [-0.05, 0) is 81.7 Å². The molecule has 0 bridgehead atoms. The molecule has 0 saturated heterocycles. The van der Waals surface area contributed by atoms with Gasteiger partial charge in [-0.25, -0.2) is 9.97 Å². The number of rotatable bonds is 17. The molecule has 2 fully saturated rings. The second kappa shape index (κ2) is 23.5. The highest BCUT2D eigenvalue weighted by molar-refractivity contribution is 7.87. The van der Waals surface area contributed by atoms with Crippen LogP contribution in [0.5, 0.6) is 0 Å². The molecule has 6 aromatic rings. The monoisotopic (exact) mass is 1080 g/mol. The largest absolute Gasteiger partial charge is 0.361 e. The fourth-order valence-corrected chi connectivity index (χ4v) is 11.4. The second-order valence-corrected chi connectivity index (χ2v) is 30.0. The highest BCUT2D eigenvalue weighted by Gasteiger charge is 2.28. The third kappa shape index (κ3) is 14.2. The molecule has 8 rings (SSSR count). The van der Waals surface area contributed by atoms with Crippen LogP contribution in [0.15, 0.2) is 82.6 Å². The Morgan fingerprint density at radius 2 is 1.12 bits per heavy atom. The molecule has 2 saturated carbocycles. The van der Waals surface area contributed by atoms with Gasteiger partial charge in [0.25, 0.3) is 31.5 Å². The van der Waals surface area contributed by atoms with Crippen molar-refractivity contribution in [2.24, 2.45) is 0 Å². The van der Waals surface area contributed by atoms with Gasteiger partial charge >= 0.3 is 0 Å². The van der Waals surface area contributed by atoms with Crippen molar-refractivity contribution in [3.63, 3.8) is 0 Å². The molecule has 72 heavy (non-hydrogen) atoms. The number of fused-ring (bicyclic) bond motifs is 2. The Kier molecular flexibility index (Phi) is 17.9. The Balaban J connectivity index is 0.000000216. The van der Waals surface area contributed by atoms with Crippen LogP contribution >= 0.6 is 23.2 Å². The van der Waals surface area contributed by atoms with E-state index in [0.717, 1.165) is 44.6 Å². The minimum Gasteiger partial charge on any atom is -0.361 e. The van der Waals surface area contributed by atoms with Crippen LogP contribution in [0.25, 0.3) is 44.3 Å². The van der Waals surface area contributed by atoms with Crippen molar-refractivity contribution < 1.29 is 21.6 Å². The maximum Gasteiger partial charge on any atom is 0.279 e. The number of nitrogens with zero attached hydrogens (tertiary/aromatic N) is 7. The lowest BCUT2D eigenvalue weighted by atomic mass is 9.92. The lowest BCUT2D eigenvalue weighted by Gasteiger charge is -2.30. The highest BCUT2D eigenvalue weighted by atomic mass is 35.5. The zero-order chi connectivity index (χ0) is 52.0. The molecular formula is C48H64Cl2N12O7S2Si. The third-order valence-electron chi connectivity index (χ3n) is 12.7. The van der Waals surface area contributed by atoms with Gasteiger partial charge in [-0.15, -0.1) is 0 Å². The van der Waals surface area contributed by atoms with Crippen molar-refractivity contribution in [3.05, 3.63) is 104 Å². The minimum atomic E-state index is -3.46. The van der Waals surface area contributed by atoms with Crippen molar-refractivity contribution in [3.8, 4) is 22.3 Å². The third-order valence-corrected chi connectivity index (χ3v) is 18.2. The Hall–Kier alpha value is -4.88. The Labute approximate surface area is 431 Å². The lowest BCUT2D eigenvalue weighted by Crippen LogP contribution is -2.44. The molecule has 2 aromatic carbocycles. The normalized spacial score (nSPS) is 18.8. The van der Waals surface area contributed by atoms with E-state index >= 15 is 0 Å². The van der Waals surface area contributed by atoms with Crippen LogP contribution in [0.4, 0.5) is 11.9 Å². The Morgan fingerprint density at radius 1 is 0.667 bits per heavy atom. The first kappa shape index (κ1) is 54.9. The van der Waals surface area contributed by atoms with E-state index in [1.165, 1.54) is 36.8 Å². The quantitative estimate of drug-likeness (QED) is 0.0446. The first-order chi connectivity index (χ1) is 34.1. The number of pyridine rings is 2. The number of anilines is 2. The smallest absolute Gasteiger partial charge is 0.279 e. The number of ether oxygens (including phenoxy) is 1. The van der Waals surface area contributed by atoms with Crippen LogP contribution in [-0.2, 0) is 31.9 Å². The molecule has 0 radical (unpaired) electrons. The molecule has 24 heteroatoms. The number of nitrogens with one attached hydrogen (secondary N) is 5. The molecule has 0 aliphatic heterocycles. The van der Waals surface area contributed by atoms with Crippen molar-refractivity contribution in [2.75, 3.05) is 45.4 Å². The Bertz CT molecular complexity index is 3210. The molecule has 388 valence electrons. The van der Waals surface area contributed by atoms with E-state index in [0.29, 0.717) is 85.7 Å². The zero-order valence-electron chi connectivity index (χ0n) is 41.6. The standard InChI is InChI=1S/C27H39ClN6O4SSi.C21H25ClN6O3S/c1-33(2)39(36,37)32-21-12-10-20(11-13-21)30-27-29-17-19-16-23(22-8-6-7-9-24(22)28)26(35)34(25(19)31-27)18-38-14-15-40(3,4)5;1-28(2)32(30,31)27-15-9-7-14(8-10-15)24-21-23-12-13-11-17(20(29)25-19(13)26-21)16-5-3-4-6-18(16)22/h6-9,16-17,20-21,32H,10-15,18H2,1-5H3,(H,29,30,31);3-6,11-12,14-15,27H,7-10H2,1-2H3,(H2,23,24,25,26,29). The van der Waals surface area contributed by atoms with Gasteiger partial charge in [0.15, 0.2) is 0 Å². The van der Waals surface area contributed by atoms with E-state index in [4.69, 9.17) is 32.9 Å². The predicted molar refractivity (Wildman–Crippen MR) is 290 cm³/mol. The maximum atomic E-state index is 13.7. The van der Waals surface area contributed by atoms with Gasteiger partial charge in [0.1, 0.15) is 18.0 Å². The number of halogens is 2. The number of aromatic amines is 1. The fraction of sp³-hybridized carbons (Fsp3) is 0.458. The van der Waals surface area contributed by atoms with Gasteiger partial charge in [0.05, 0.1) is 0 Å². The molecule has 0 atom stereocenters. The van der Waals surface area contributed by atoms with Gasteiger partial charge in [-0.1, -0.05) is 79.2 Å². The lowest BCUT2D eigenvalue weighted by molar-refractivity contribution is 0.0876. The molecule has 2 aliphatic carbocycles. The van der Waals surface area contributed by atoms with Crippen LogP contribution in [0.2, 0.25) is 35.7 Å². The summed E-state index contributed by atoms with van der Waals surface area (Å²) in [5.41, 5.74) is 2.66. The number of H-pyrrole nitrogens is 1. The summed E-state index contributed by atoms with van der Waals surface area (Å²) in [6.45, 7) is 7.49. The average Bonchev–Trinajstić information content (AvgIpc) is 3.32. The average molecular weight is 1080 g/mol. The first-order valence-electron chi connectivity index (χ1n) is 23.9. The van der Waals surface area contributed by atoms with Gasteiger partial charge < -0.3 is 20.4 Å². The van der Waals surface area contributed by atoms with Gasteiger partial charge in [0.2, 0.25) is 11.9 Å². The highest BCUT2D eigenvalue weighted by Crippen LogP contribution is 2.30. The van der Waals surface area contributed by atoms with Crippen molar-refractivity contribution in [1.82, 2.24) is 47.5 Å². The SMILES string of the molecule is CN(C)S(=O)(=O)NC1CCC(Nc2ncc3cc(-c4ccccc4Cl)c(=O)[nH]c3n2)CC1.CN(C)S(=O)(=O)NC1CCC(Nc2ncc3cc(-c4ccccc4Cl)c(=O)n(COCC[Si](C)(C)C)c3n2)CC1. The summed E-state index contributed by atoms with van der Waals surface area (Å²) >= 11 is 12.7.